The van der Waals surface area contributed by atoms with Crippen molar-refractivity contribution in [2.45, 2.75) is 33.1 Å². The number of ether oxygens (including phenoxy) is 2. The van der Waals surface area contributed by atoms with Crippen LogP contribution in [0.25, 0.3) is 11.4 Å². The number of anilines is 1. The number of methoxy groups -OCH3 is 2. The van der Waals surface area contributed by atoms with Gasteiger partial charge in [-0.1, -0.05) is 30.3 Å². The Labute approximate surface area is 170 Å². The number of nitrogens with one attached hydrogen (secondary N) is 1. The fourth-order valence-corrected chi connectivity index (χ4v) is 3.07. The molecule has 1 amide bonds. The number of hydrogen-bond donors (Lipinski definition) is 1. The first-order chi connectivity index (χ1) is 14.0. The van der Waals surface area contributed by atoms with Crippen LogP contribution in [0.1, 0.15) is 30.4 Å². The van der Waals surface area contributed by atoms with Gasteiger partial charge in [-0.2, -0.15) is 4.98 Å². The van der Waals surface area contributed by atoms with E-state index in [4.69, 9.17) is 14.0 Å². The Morgan fingerprint density at radius 1 is 1.14 bits per heavy atom. The second-order valence-electron chi connectivity index (χ2n) is 6.59. The van der Waals surface area contributed by atoms with Crippen LogP contribution in [0.4, 0.5) is 5.69 Å². The van der Waals surface area contributed by atoms with Crippen LogP contribution >= 0.6 is 0 Å². The first kappa shape index (κ1) is 20.4. The van der Waals surface area contributed by atoms with Crippen LogP contribution in [0, 0.1) is 6.92 Å². The number of nitrogens with zero attached hydrogens (tertiary/aromatic N) is 2. The lowest BCUT2D eigenvalue weighted by Gasteiger charge is -2.12. The highest BCUT2D eigenvalue weighted by atomic mass is 16.5. The predicted octanol–water partition coefficient (Wildman–Crippen LogP) is 4.20. The molecule has 7 heteroatoms. The van der Waals surface area contributed by atoms with Crippen LogP contribution in [0.15, 0.2) is 40.9 Å². The molecule has 152 valence electrons. The molecule has 0 saturated carbocycles. The molecule has 0 fully saturated rings. The molecule has 0 radical (unpaired) electrons. The fraction of sp³-hybridized carbons (Fsp3) is 0.318. The van der Waals surface area contributed by atoms with Crippen molar-refractivity contribution in [3.63, 3.8) is 0 Å². The molecule has 2 aromatic carbocycles. The zero-order chi connectivity index (χ0) is 20.8. The van der Waals surface area contributed by atoms with E-state index >= 15 is 0 Å². The summed E-state index contributed by atoms with van der Waals surface area (Å²) in [6.45, 7) is 4.06. The number of rotatable bonds is 8. The van der Waals surface area contributed by atoms with Crippen molar-refractivity contribution in [2.75, 3.05) is 19.5 Å². The van der Waals surface area contributed by atoms with Crippen LogP contribution in [0.5, 0.6) is 11.5 Å². The highest BCUT2D eigenvalue weighted by Gasteiger charge is 2.14. The molecule has 0 aliphatic heterocycles. The van der Waals surface area contributed by atoms with Crippen molar-refractivity contribution in [2.24, 2.45) is 0 Å². The third kappa shape index (κ3) is 4.74. The topological polar surface area (TPSA) is 86.5 Å². The molecule has 1 aromatic heterocycles. The van der Waals surface area contributed by atoms with Gasteiger partial charge in [0.05, 0.1) is 14.2 Å². The van der Waals surface area contributed by atoms with Crippen molar-refractivity contribution < 1.29 is 18.8 Å². The summed E-state index contributed by atoms with van der Waals surface area (Å²) in [5.74, 6) is 1.97. The second kappa shape index (κ2) is 9.23. The predicted molar refractivity (Wildman–Crippen MR) is 110 cm³/mol. The summed E-state index contributed by atoms with van der Waals surface area (Å²) >= 11 is 0. The van der Waals surface area contributed by atoms with Gasteiger partial charge in [0.2, 0.25) is 17.6 Å². The van der Waals surface area contributed by atoms with Crippen molar-refractivity contribution in [1.82, 2.24) is 10.1 Å². The molecule has 0 bridgehead atoms. The molecule has 1 heterocycles. The van der Waals surface area contributed by atoms with E-state index in [0.29, 0.717) is 29.6 Å². The molecule has 29 heavy (non-hydrogen) atoms. The molecule has 0 saturated heterocycles. The average Bonchev–Trinajstić information content (AvgIpc) is 3.22. The third-order valence-corrected chi connectivity index (χ3v) is 4.68. The van der Waals surface area contributed by atoms with Crippen molar-refractivity contribution in [3.05, 3.63) is 53.4 Å². The van der Waals surface area contributed by atoms with Crippen molar-refractivity contribution in [1.29, 1.82) is 0 Å². The first-order valence-corrected chi connectivity index (χ1v) is 9.49. The van der Waals surface area contributed by atoms with Crippen LogP contribution in [0.3, 0.4) is 0 Å². The van der Waals surface area contributed by atoms with Gasteiger partial charge in [0.1, 0.15) is 0 Å². The monoisotopic (exact) mass is 395 g/mol. The van der Waals surface area contributed by atoms with E-state index in [1.165, 1.54) is 0 Å². The molecule has 0 unspecified atom stereocenters. The summed E-state index contributed by atoms with van der Waals surface area (Å²) in [6, 6.07) is 11.4. The number of benzene rings is 2. The highest BCUT2D eigenvalue weighted by Crippen LogP contribution is 2.31. The molecule has 0 spiro atoms. The molecule has 1 N–H and O–H groups in total. The van der Waals surface area contributed by atoms with Gasteiger partial charge in [0.25, 0.3) is 0 Å². The summed E-state index contributed by atoms with van der Waals surface area (Å²) < 4.78 is 15.8. The lowest BCUT2D eigenvalue weighted by atomic mass is 10.1. The van der Waals surface area contributed by atoms with Crippen LogP contribution in [-0.4, -0.2) is 30.3 Å². The number of hydrogen-bond acceptors (Lipinski definition) is 6. The lowest BCUT2D eigenvalue weighted by Crippen LogP contribution is -2.14. The lowest BCUT2D eigenvalue weighted by molar-refractivity contribution is -0.116. The quantitative estimate of drug-likeness (QED) is 0.615. The van der Waals surface area contributed by atoms with Gasteiger partial charge in [-0.15, -0.1) is 0 Å². The standard InChI is InChI=1S/C22H25N3O4/c1-5-15-8-6-7-14(2)21(15)23-19(26)11-12-20-24-22(25-29-20)16-9-10-17(27-3)18(13-16)28-4/h6-10,13H,5,11-12H2,1-4H3,(H,23,26). The van der Waals surface area contributed by atoms with Crippen LogP contribution in [0.2, 0.25) is 0 Å². The Hall–Kier alpha value is -3.35. The molecule has 3 aromatic rings. The SMILES string of the molecule is CCc1cccc(C)c1NC(=O)CCc1nc(-c2ccc(OC)c(OC)c2)no1. The van der Waals surface area contributed by atoms with E-state index in [0.717, 1.165) is 28.8 Å². The Balaban J connectivity index is 1.65. The summed E-state index contributed by atoms with van der Waals surface area (Å²) in [5.41, 5.74) is 3.80. The number of aryl methyl sites for hydroxylation is 3. The number of para-hydroxylation sites is 1. The number of aromatic nitrogens is 2. The summed E-state index contributed by atoms with van der Waals surface area (Å²) in [7, 11) is 3.15. The zero-order valence-electron chi connectivity index (χ0n) is 17.1. The van der Waals surface area contributed by atoms with Crippen LogP contribution in [-0.2, 0) is 17.6 Å². The van der Waals surface area contributed by atoms with Crippen molar-refractivity contribution in [3.8, 4) is 22.9 Å². The van der Waals surface area contributed by atoms with E-state index in [2.05, 4.69) is 22.4 Å². The van der Waals surface area contributed by atoms with E-state index < -0.39 is 0 Å². The molecule has 0 atom stereocenters. The van der Waals surface area contributed by atoms with Gasteiger partial charge in [0, 0.05) is 24.1 Å². The number of amides is 1. The minimum Gasteiger partial charge on any atom is -0.493 e. The molecule has 3 rings (SSSR count). The van der Waals surface area contributed by atoms with E-state index in [9.17, 15) is 4.79 Å². The molecular weight excluding hydrogens is 370 g/mol. The molecule has 0 aliphatic rings. The Bertz CT molecular complexity index is 997. The maximum Gasteiger partial charge on any atom is 0.227 e. The summed E-state index contributed by atoms with van der Waals surface area (Å²) in [5, 5.41) is 7.01. The zero-order valence-corrected chi connectivity index (χ0v) is 17.1. The average molecular weight is 395 g/mol. The van der Waals surface area contributed by atoms with E-state index in [1.807, 2.05) is 31.2 Å². The van der Waals surface area contributed by atoms with Crippen LogP contribution < -0.4 is 14.8 Å². The van der Waals surface area contributed by atoms with Gasteiger partial charge < -0.3 is 19.3 Å². The number of carbonyl (C=O) groups is 1. The maximum absolute atomic E-state index is 12.4. The van der Waals surface area contributed by atoms with E-state index in [-0.39, 0.29) is 12.3 Å². The van der Waals surface area contributed by atoms with Gasteiger partial charge in [-0.05, 0) is 42.7 Å². The smallest absolute Gasteiger partial charge is 0.227 e. The van der Waals surface area contributed by atoms with Crippen molar-refractivity contribution >= 4 is 11.6 Å². The Kier molecular flexibility index (Phi) is 6.49. The van der Waals surface area contributed by atoms with E-state index in [1.54, 1.807) is 26.4 Å². The molecular formula is C22H25N3O4. The second-order valence-corrected chi connectivity index (χ2v) is 6.59. The van der Waals surface area contributed by atoms with Gasteiger partial charge >= 0.3 is 0 Å². The minimum absolute atomic E-state index is 0.0835. The molecule has 0 aliphatic carbocycles. The van der Waals surface area contributed by atoms with Gasteiger partial charge in [-0.3, -0.25) is 4.79 Å². The normalized spacial score (nSPS) is 10.6. The summed E-state index contributed by atoms with van der Waals surface area (Å²) in [6.07, 6.45) is 1.47. The number of carbonyl (C=O) groups excluding carboxylic acids is 1. The highest BCUT2D eigenvalue weighted by molar-refractivity contribution is 5.92. The summed E-state index contributed by atoms with van der Waals surface area (Å²) in [4.78, 5) is 16.8. The fourth-order valence-electron chi connectivity index (χ4n) is 3.07. The van der Waals surface area contributed by atoms with Gasteiger partial charge in [0.15, 0.2) is 11.5 Å². The van der Waals surface area contributed by atoms with Gasteiger partial charge in [-0.25, -0.2) is 0 Å². The molecule has 7 nitrogen and oxygen atoms in total. The maximum atomic E-state index is 12.4. The third-order valence-electron chi connectivity index (χ3n) is 4.68. The largest absolute Gasteiger partial charge is 0.493 e. The minimum atomic E-state index is -0.0835. The Morgan fingerprint density at radius 2 is 1.93 bits per heavy atom. The Morgan fingerprint density at radius 3 is 2.66 bits per heavy atom. The first-order valence-electron chi connectivity index (χ1n) is 9.49.